The first-order chi connectivity index (χ1) is 20.4. The summed E-state index contributed by atoms with van der Waals surface area (Å²) in [5, 5.41) is 1.04. The molecule has 0 bridgehead atoms. The molecule has 2 aliphatic rings. The molecule has 4 aromatic rings. The third-order valence-electron chi connectivity index (χ3n) is 8.61. The quantitative estimate of drug-likeness (QED) is 0.190. The van der Waals surface area contributed by atoms with Crippen molar-refractivity contribution >= 4 is 16.9 Å². The molecular formula is C34H34F3NO4. The number of carbonyl (C=O) groups is 1. The van der Waals surface area contributed by atoms with Gasteiger partial charge >= 0.3 is 12.6 Å². The van der Waals surface area contributed by atoms with E-state index in [1.165, 1.54) is 6.07 Å². The first kappa shape index (κ1) is 28.3. The third-order valence-corrected chi connectivity index (χ3v) is 8.61. The number of alkyl halides is 2. The van der Waals surface area contributed by atoms with Gasteiger partial charge in [0, 0.05) is 35.9 Å². The van der Waals surface area contributed by atoms with Crippen molar-refractivity contribution in [3.05, 3.63) is 94.9 Å². The number of hydrogen-bond donors (Lipinski definition) is 0. The van der Waals surface area contributed by atoms with Gasteiger partial charge in [0.05, 0.1) is 11.4 Å². The van der Waals surface area contributed by atoms with Crippen LogP contribution in [0.5, 0.6) is 5.75 Å². The average molecular weight is 578 g/mol. The van der Waals surface area contributed by atoms with E-state index in [-0.39, 0.29) is 17.7 Å². The van der Waals surface area contributed by atoms with Gasteiger partial charge in [-0.15, -0.1) is 0 Å². The lowest BCUT2D eigenvalue weighted by Gasteiger charge is -2.34. The van der Waals surface area contributed by atoms with Gasteiger partial charge in [0.25, 0.3) is 0 Å². The summed E-state index contributed by atoms with van der Waals surface area (Å²) in [6.07, 6.45) is 3.41. The monoisotopic (exact) mass is 577 g/mol. The molecule has 0 amide bonds. The molecule has 2 fully saturated rings. The normalized spacial score (nSPS) is 19.2. The number of aryl methyl sites for hydroxylation is 1. The predicted molar refractivity (Wildman–Crippen MR) is 154 cm³/mol. The Morgan fingerprint density at radius 1 is 1.02 bits per heavy atom. The first-order valence-corrected chi connectivity index (χ1v) is 14.5. The van der Waals surface area contributed by atoms with Crippen molar-refractivity contribution in [3.8, 4) is 11.4 Å². The smallest absolute Gasteiger partial charge is 0.389 e. The van der Waals surface area contributed by atoms with Crippen LogP contribution in [0.15, 0.2) is 66.7 Å². The van der Waals surface area contributed by atoms with Crippen LogP contribution in [0, 0.1) is 24.6 Å². The Labute approximate surface area is 243 Å². The lowest BCUT2D eigenvalue weighted by atomic mass is 9.71. The van der Waals surface area contributed by atoms with Gasteiger partial charge < -0.3 is 18.8 Å². The molecule has 0 atom stereocenters. The molecular weight excluding hydrogens is 543 g/mol. The number of esters is 1. The molecule has 3 aromatic carbocycles. The Morgan fingerprint density at radius 2 is 1.79 bits per heavy atom. The van der Waals surface area contributed by atoms with Crippen molar-refractivity contribution in [1.29, 1.82) is 0 Å². The van der Waals surface area contributed by atoms with E-state index >= 15 is 0 Å². The summed E-state index contributed by atoms with van der Waals surface area (Å²) in [6, 6.07) is 21.3. The van der Waals surface area contributed by atoms with E-state index in [0.29, 0.717) is 44.6 Å². The molecule has 8 heteroatoms. The van der Waals surface area contributed by atoms with Crippen LogP contribution in [0.4, 0.5) is 13.2 Å². The molecule has 0 radical (unpaired) electrons. The minimum absolute atomic E-state index is 0.154. The van der Waals surface area contributed by atoms with E-state index in [2.05, 4.69) is 21.4 Å². The summed E-state index contributed by atoms with van der Waals surface area (Å²) in [6.45, 7) is 0.420. The average Bonchev–Trinajstić information content (AvgIpc) is 3.29. The molecule has 42 heavy (non-hydrogen) atoms. The molecule has 0 spiro atoms. The highest BCUT2D eigenvalue weighted by Crippen LogP contribution is 2.44. The minimum atomic E-state index is -3.09. The maximum absolute atomic E-state index is 14.3. The van der Waals surface area contributed by atoms with Crippen molar-refractivity contribution in [1.82, 2.24) is 4.57 Å². The second kappa shape index (κ2) is 12.2. The summed E-state index contributed by atoms with van der Waals surface area (Å²) in [5.41, 5.74) is 5.84. The SMILES string of the molecule is Cc1cc(-n2c(C3CCOCC3)c(CC3CC(C(=O)OC(F)F)C3)c3cc(OCc4ccccc4)ccc32)ccc1F. The minimum Gasteiger partial charge on any atom is -0.489 e. The van der Waals surface area contributed by atoms with Gasteiger partial charge in [-0.3, -0.25) is 4.79 Å². The summed E-state index contributed by atoms with van der Waals surface area (Å²) in [4.78, 5) is 12.1. The van der Waals surface area contributed by atoms with Gasteiger partial charge in [-0.1, -0.05) is 30.3 Å². The number of ether oxygens (including phenoxy) is 3. The second-order valence-electron chi connectivity index (χ2n) is 11.4. The van der Waals surface area contributed by atoms with E-state index in [1.54, 1.807) is 6.92 Å². The molecule has 220 valence electrons. The Bertz CT molecular complexity index is 1560. The predicted octanol–water partition coefficient (Wildman–Crippen LogP) is 7.89. The van der Waals surface area contributed by atoms with Gasteiger partial charge in [0.2, 0.25) is 0 Å². The van der Waals surface area contributed by atoms with Crippen LogP contribution in [-0.2, 0) is 27.3 Å². The number of aromatic nitrogens is 1. The van der Waals surface area contributed by atoms with Crippen molar-refractivity contribution < 1.29 is 32.2 Å². The fourth-order valence-electron chi connectivity index (χ4n) is 6.41. The third kappa shape index (κ3) is 5.91. The largest absolute Gasteiger partial charge is 0.489 e. The summed E-state index contributed by atoms with van der Waals surface area (Å²) >= 11 is 0. The Hall–Kier alpha value is -3.78. The molecule has 2 heterocycles. The lowest BCUT2D eigenvalue weighted by Crippen LogP contribution is -2.34. The summed E-state index contributed by atoms with van der Waals surface area (Å²) < 4.78 is 57.9. The first-order valence-electron chi connectivity index (χ1n) is 14.5. The highest BCUT2D eigenvalue weighted by Gasteiger charge is 2.38. The molecule has 1 aliphatic heterocycles. The van der Waals surface area contributed by atoms with Crippen LogP contribution in [0.2, 0.25) is 0 Å². The highest BCUT2D eigenvalue weighted by atomic mass is 19.3. The van der Waals surface area contributed by atoms with E-state index in [0.717, 1.165) is 52.0 Å². The zero-order valence-electron chi connectivity index (χ0n) is 23.5. The van der Waals surface area contributed by atoms with Crippen LogP contribution in [0.1, 0.15) is 54.0 Å². The van der Waals surface area contributed by atoms with Crippen LogP contribution >= 0.6 is 0 Å². The van der Waals surface area contributed by atoms with Crippen molar-refractivity contribution in [2.24, 2.45) is 11.8 Å². The van der Waals surface area contributed by atoms with Crippen molar-refractivity contribution in [3.63, 3.8) is 0 Å². The van der Waals surface area contributed by atoms with Crippen molar-refractivity contribution in [2.45, 2.75) is 58.2 Å². The van der Waals surface area contributed by atoms with Gasteiger partial charge in [0.15, 0.2) is 0 Å². The fourth-order valence-corrected chi connectivity index (χ4v) is 6.41. The molecule has 1 saturated heterocycles. The topological polar surface area (TPSA) is 49.7 Å². The molecule has 0 N–H and O–H groups in total. The number of rotatable bonds is 9. The fraction of sp³-hybridized carbons (Fsp3) is 0.382. The van der Waals surface area contributed by atoms with E-state index < -0.39 is 18.5 Å². The maximum atomic E-state index is 14.3. The van der Waals surface area contributed by atoms with Crippen LogP contribution in [0.25, 0.3) is 16.6 Å². The summed E-state index contributed by atoms with van der Waals surface area (Å²) in [7, 11) is 0. The number of carbonyl (C=O) groups excluding carboxylic acids is 1. The zero-order valence-corrected chi connectivity index (χ0v) is 23.5. The van der Waals surface area contributed by atoms with Gasteiger partial charge in [0.1, 0.15) is 18.2 Å². The molecule has 1 saturated carbocycles. The number of hydrogen-bond acceptors (Lipinski definition) is 4. The van der Waals surface area contributed by atoms with Crippen LogP contribution in [-0.4, -0.2) is 30.4 Å². The van der Waals surface area contributed by atoms with E-state index in [1.807, 2.05) is 48.5 Å². The number of nitrogens with zero attached hydrogens (tertiary/aromatic N) is 1. The van der Waals surface area contributed by atoms with E-state index in [9.17, 15) is 18.0 Å². The van der Waals surface area contributed by atoms with Gasteiger partial charge in [-0.05, 0) is 98.0 Å². The Balaban J connectivity index is 1.42. The highest BCUT2D eigenvalue weighted by molar-refractivity contribution is 5.89. The Morgan fingerprint density at radius 3 is 2.50 bits per heavy atom. The second-order valence-corrected chi connectivity index (χ2v) is 11.4. The number of fused-ring (bicyclic) bond motifs is 1. The number of benzene rings is 3. The molecule has 1 aromatic heterocycles. The van der Waals surface area contributed by atoms with Crippen molar-refractivity contribution in [2.75, 3.05) is 13.2 Å². The van der Waals surface area contributed by atoms with Gasteiger partial charge in [-0.2, -0.15) is 8.78 Å². The molecule has 1 aliphatic carbocycles. The maximum Gasteiger partial charge on any atom is 0.389 e. The van der Waals surface area contributed by atoms with E-state index in [4.69, 9.17) is 9.47 Å². The standard InChI is InChI=1S/C34H34F3NO4/c1-21-15-26(7-9-30(21)35)38-31-10-8-27(41-20-22-5-3-2-4-6-22)19-28(31)29(32(38)24-11-13-40-14-12-24)18-23-16-25(17-23)33(39)42-34(36)37/h2-10,15,19,23-25,34H,11-14,16-18,20H2,1H3. The molecule has 6 rings (SSSR count). The molecule has 5 nitrogen and oxygen atoms in total. The zero-order chi connectivity index (χ0) is 29.2. The summed E-state index contributed by atoms with van der Waals surface area (Å²) in [5.74, 6) is -0.469. The lowest BCUT2D eigenvalue weighted by molar-refractivity contribution is -0.185. The van der Waals surface area contributed by atoms with Crippen LogP contribution < -0.4 is 4.74 Å². The molecule has 0 unspecified atom stereocenters. The van der Waals surface area contributed by atoms with Crippen LogP contribution in [0.3, 0.4) is 0 Å². The number of halogens is 3. The van der Waals surface area contributed by atoms with Gasteiger partial charge in [-0.25, -0.2) is 4.39 Å². The Kier molecular flexibility index (Phi) is 8.24.